The van der Waals surface area contributed by atoms with Crippen LogP contribution in [0.25, 0.3) is 6.08 Å². The normalized spacial score (nSPS) is 10.3. The maximum Gasteiger partial charge on any atom is 0.331 e. The summed E-state index contributed by atoms with van der Waals surface area (Å²) in [6.45, 7) is -0.434. The molecule has 2 rings (SSSR count). The van der Waals surface area contributed by atoms with Crippen LogP contribution < -0.4 is 24.3 Å². The van der Waals surface area contributed by atoms with Gasteiger partial charge in [0.15, 0.2) is 18.1 Å². The lowest BCUT2D eigenvalue weighted by atomic mass is 10.1. The summed E-state index contributed by atoms with van der Waals surface area (Å²) in [5.41, 5.74) is 1.12. The number of nitrogens with one attached hydrogen (secondary N) is 1. The third-order valence-corrected chi connectivity index (χ3v) is 3.83. The van der Waals surface area contributed by atoms with Crippen molar-refractivity contribution in [2.75, 3.05) is 40.4 Å². The zero-order valence-electron chi connectivity index (χ0n) is 16.7. The summed E-state index contributed by atoms with van der Waals surface area (Å²) in [5.74, 6) is 0.710. The standard InChI is InChI=1S/C21H23NO7/c1-25-16-8-6-5-7-15(16)22-19(23)13-29-20(24)10-9-14-11-17(26-2)21(28-4)18(12-14)27-3/h5-12H,13H2,1-4H3,(H,22,23)/b10-9+. The lowest BCUT2D eigenvalue weighted by Crippen LogP contribution is -2.20. The van der Waals surface area contributed by atoms with E-state index >= 15 is 0 Å². The molecular weight excluding hydrogens is 378 g/mol. The monoisotopic (exact) mass is 401 g/mol. The Kier molecular flexibility index (Phi) is 7.90. The molecule has 0 heterocycles. The number of amides is 1. The van der Waals surface area contributed by atoms with Gasteiger partial charge in [0, 0.05) is 6.08 Å². The van der Waals surface area contributed by atoms with Crippen molar-refractivity contribution in [1.29, 1.82) is 0 Å². The molecule has 0 aliphatic rings. The molecule has 0 bridgehead atoms. The highest BCUT2D eigenvalue weighted by Crippen LogP contribution is 2.38. The SMILES string of the molecule is COc1ccccc1NC(=O)COC(=O)/C=C/c1cc(OC)c(OC)c(OC)c1. The molecule has 1 amide bonds. The number of anilines is 1. The third kappa shape index (κ3) is 5.90. The Balaban J connectivity index is 1.97. The minimum absolute atomic E-state index is 0.434. The van der Waals surface area contributed by atoms with Crippen LogP contribution in [0, 0.1) is 0 Å². The molecule has 0 radical (unpaired) electrons. The molecule has 0 saturated heterocycles. The molecule has 29 heavy (non-hydrogen) atoms. The van der Waals surface area contributed by atoms with Gasteiger partial charge in [-0.05, 0) is 35.9 Å². The molecule has 8 nitrogen and oxygen atoms in total. The predicted octanol–water partition coefficient (Wildman–Crippen LogP) is 2.92. The van der Waals surface area contributed by atoms with E-state index in [1.165, 1.54) is 40.6 Å². The summed E-state index contributed by atoms with van der Waals surface area (Å²) >= 11 is 0. The zero-order chi connectivity index (χ0) is 21.2. The number of esters is 1. The first-order chi connectivity index (χ1) is 14.0. The van der Waals surface area contributed by atoms with Gasteiger partial charge in [-0.25, -0.2) is 4.79 Å². The Bertz CT molecular complexity index is 867. The Hall–Kier alpha value is -3.68. The van der Waals surface area contributed by atoms with Gasteiger partial charge in [0.2, 0.25) is 5.75 Å². The molecule has 2 aromatic carbocycles. The van der Waals surface area contributed by atoms with Crippen molar-refractivity contribution in [2.24, 2.45) is 0 Å². The van der Waals surface area contributed by atoms with Crippen LogP contribution in [0.5, 0.6) is 23.0 Å². The highest BCUT2D eigenvalue weighted by atomic mass is 16.5. The van der Waals surface area contributed by atoms with Gasteiger partial charge in [0.05, 0.1) is 34.1 Å². The molecule has 0 saturated carbocycles. The zero-order valence-corrected chi connectivity index (χ0v) is 16.7. The molecule has 0 aliphatic heterocycles. The van der Waals surface area contributed by atoms with Crippen LogP contribution in [0.1, 0.15) is 5.56 Å². The molecule has 154 valence electrons. The fourth-order valence-corrected chi connectivity index (χ4v) is 2.48. The predicted molar refractivity (Wildman–Crippen MR) is 108 cm³/mol. The summed E-state index contributed by atoms with van der Waals surface area (Å²) in [5, 5.41) is 2.62. The Morgan fingerprint density at radius 2 is 1.52 bits per heavy atom. The number of hydrogen-bond donors (Lipinski definition) is 1. The van der Waals surface area contributed by atoms with Crippen LogP contribution in [0.4, 0.5) is 5.69 Å². The molecule has 2 aromatic rings. The summed E-state index contributed by atoms with van der Waals surface area (Å²) in [6.07, 6.45) is 2.72. The van der Waals surface area contributed by atoms with E-state index < -0.39 is 18.5 Å². The minimum atomic E-state index is -0.672. The fourth-order valence-electron chi connectivity index (χ4n) is 2.48. The number of rotatable bonds is 9. The maximum atomic E-state index is 12.0. The summed E-state index contributed by atoms with van der Waals surface area (Å²) in [6, 6.07) is 10.3. The van der Waals surface area contributed by atoms with Crippen LogP contribution >= 0.6 is 0 Å². The lowest BCUT2D eigenvalue weighted by molar-refractivity contribution is -0.142. The van der Waals surface area contributed by atoms with Crippen molar-refractivity contribution in [2.45, 2.75) is 0 Å². The number of carbonyl (C=O) groups is 2. The highest BCUT2D eigenvalue weighted by Gasteiger charge is 2.13. The van der Waals surface area contributed by atoms with E-state index in [4.69, 9.17) is 23.7 Å². The van der Waals surface area contributed by atoms with Crippen LogP contribution in [0.2, 0.25) is 0 Å². The smallest absolute Gasteiger partial charge is 0.331 e. The Morgan fingerprint density at radius 3 is 2.10 bits per heavy atom. The molecule has 0 atom stereocenters. The number of hydrogen-bond acceptors (Lipinski definition) is 7. The van der Waals surface area contributed by atoms with Crippen LogP contribution in [-0.4, -0.2) is 46.9 Å². The van der Waals surface area contributed by atoms with Gasteiger partial charge in [-0.15, -0.1) is 0 Å². The van der Waals surface area contributed by atoms with Crippen molar-refractivity contribution >= 4 is 23.6 Å². The van der Waals surface area contributed by atoms with E-state index in [0.717, 1.165) is 0 Å². The first kappa shape index (κ1) is 21.6. The summed E-state index contributed by atoms with van der Waals surface area (Å²) < 4.78 is 25.9. The molecular formula is C21H23NO7. The molecule has 0 aliphatic carbocycles. The number of ether oxygens (including phenoxy) is 5. The third-order valence-electron chi connectivity index (χ3n) is 3.83. The summed E-state index contributed by atoms with van der Waals surface area (Å²) in [7, 11) is 6.00. The second-order valence-corrected chi connectivity index (χ2v) is 5.65. The van der Waals surface area contributed by atoms with Gasteiger partial charge >= 0.3 is 5.97 Å². The van der Waals surface area contributed by atoms with Crippen molar-refractivity contribution in [1.82, 2.24) is 0 Å². The van der Waals surface area contributed by atoms with Crippen LogP contribution in [-0.2, 0) is 14.3 Å². The number of carbonyl (C=O) groups excluding carboxylic acids is 2. The van der Waals surface area contributed by atoms with E-state index in [1.807, 2.05) is 0 Å². The molecule has 0 spiro atoms. The number of para-hydroxylation sites is 2. The fraction of sp³-hybridized carbons (Fsp3) is 0.238. The van der Waals surface area contributed by atoms with E-state index in [0.29, 0.717) is 34.2 Å². The molecule has 8 heteroatoms. The van der Waals surface area contributed by atoms with Gasteiger partial charge in [0.25, 0.3) is 5.91 Å². The Labute approximate surface area is 169 Å². The number of methoxy groups -OCH3 is 4. The Morgan fingerprint density at radius 1 is 0.897 bits per heavy atom. The second-order valence-electron chi connectivity index (χ2n) is 5.65. The topological polar surface area (TPSA) is 92.3 Å². The van der Waals surface area contributed by atoms with Crippen molar-refractivity contribution in [3.05, 3.63) is 48.0 Å². The van der Waals surface area contributed by atoms with E-state index in [-0.39, 0.29) is 0 Å². The quantitative estimate of drug-likeness (QED) is 0.510. The van der Waals surface area contributed by atoms with E-state index in [9.17, 15) is 9.59 Å². The lowest BCUT2D eigenvalue weighted by Gasteiger charge is -2.12. The average Bonchev–Trinajstić information content (AvgIpc) is 2.75. The second kappa shape index (κ2) is 10.6. The van der Waals surface area contributed by atoms with E-state index in [2.05, 4.69) is 5.32 Å². The largest absolute Gasteiger partial charge is 0.495 e. The van der Waals surface area contributed by atoms with Gasteiger partial charge in [0.1, 0.15) is 5.75 Å². The average molecular weight is 401 g/mol. The first-order valence-corrected chi connectivity index (χ1v) is 8.60. The maximum absolute atomic E-state index is 12.0. The van der Waals surface area contributed by atoms with Gasteiger partial charge < -0.3 is 29.0 Å². The van der Waals surface area contributed by atoms with Gasteiger partial charge in [-0.2, -0.15) is 0 Å². The van der Waals surface area contributed by atoms with Crippen LogP contribution in [0.15, 0.2) is 42.5 Å². The van der Waals surface area contributed by atoms with Gasteiger partial charge in [-0.3, -0.25) is 4.79 Å². The van der Waals surface area contributed by atoms with Gasteiger partial charge in [-0.1, -0.05) is 12.1 Å². The van der Waals surface area contributed by atoms with Crippen molar-refractivity contribution in [3.63, 3.8) is 0 Å². The van der Waals surface area contributed by atoms with E-state index in [1.54, 1.807) is 36.4 Å². The highest BCUT2D eigenvalue weighted by molar-refractivity contribution is 5.95. The molecule has 0 fully saturated rings. The van der Waals surface area contributed by atoms with Crippen LogP contribution in [0.3, 0.4) is 0 Å². The summed E-state index contributed by atoms with van der Waals surface area (Å²) in [4.78, 5) is 23.9. The minimum Gasteiger partial charge on any atom is -0.495 e. The molecule has 0 unspecified atom stereocenters. The van der Waals surface area contributed by atoms with Crippen molar-refractivity contribution < 1.29 is 33.3 Å². The molecule has 1 N–H and O–H groups in total. The first-order valence-electron chi connectivity index (χ1n) is 8.60. The number of benzene rings is 2. The molecule has 0 aromatic heterocycles. The van der Waals surface area contributed by atoms with Crippen molar-refractivity contribution in [3.8, 4) is 23.0 Å².